The topological polar surface area (TPSA) is 0 Å². The summed E-state index contributed by atoms with van der Waals surface area (Å²) in [7, 11) is 0. The largest absolute Gasteiger partial charge is 0.404 e. The smallest absolute Gasteiger partial charge is 0.174 e. The molecule has 0 heterocycles. The van der Waals surface area contributed by atoms with Gasteiger partial charge in [0.2, 0.25) is 0 Å². The SMILES string of the molecule is [CH3][Mg][c]1cc(C)c(C)c(C)c1. The number of hydrogen-bond donors (Lipinski definition) is 0. The summed E-state index contributed by atoms with van der Waals surface area (Å²) in [6.45, 7) is 6.61. The van der Waals surface area contributed by atoms with E-state index in [2.05, 4.69) is 38.0 Å². The molecule has 0 unspecified atom stereocenters. The standard InChI is InChI=1S/C9H11.CH3.Mg/c1-7-5-4-6-8(2)9(7)3;;/h5-6H,1-3H3;1H3;. The van der Waals surface area contributed by atoms with E-state index < -0.39 is 0 Å². The first kappa shape index (κ1) is 9.08. The second kappa shape index (κ2) is 3.59. The van der Waals surface area contributed by atoms with Crippen LogP contribution in [0.25, 0.3) is 0 Å². The Labute approximate surface area is 78.7 Å². The van der Waals surface area contributed by atoms with Gasteiger partial charge in [0.1, 0.15) is 0 Å². The third-order valence-corrected chi connectivity index (χ3v) is 3.62. The Morgan fingerprint density at radius 1 is 1.00 bits per heavy atom. The molecule has 0 radical (unpaired) electrons. The van der Waals surface area contributed by atoms with Crippen LogP contribution in [-0.2, 0) is 0 Å². The van der Waals surface area contributed by atoms with Gasteiger partial charge in [0.05, 0.1) is 0 Å². The first-order valence-electron chi connectivity index (χ1n) is 4.22. The Morgan fingerprint density at radius 3 is 1.82 bits per heavy atom. The second-order valence-corrected chi connectivity index (χ2v) is 4.73. The predicted octanol–water partition coefficient (Wildman–Crippen LogP) is 1.99. The lowest BCUT2D eigenvalue weighted by Crippen LogP contribution is -2.12. The summed E-state index contributed by atoms with van der Waals surface area (Å²) in [6, 6.07) is 4.68. The van der Waals surface area contributed by atoms with E-state index in [4.69, 9.17) is 0 Å². The van der Waals surface area contributed by atoms with E-state index in [0.717, 1.165) is 0 Å². The summed E-state index contributed by atoms with van der Waals surface area (Å²) >= 11 is 0.0325. The molecular weight excluding hydrogens is 144 g/mol. The van der Waals surface area contributed by atoms with Crippen LogP contribution < -0.4 is 3.69 Å². The average molecular weight is 159 g/mol. The van der Waals surface area contributed by atoms with Crippen LogP contribution >= 0.6 is 0 Å². The molecule has 1 heteroatoms. The lowest BCUT2D eigenvalue weighted by atomic mass is 10.1. The van der Waals surface area contributed by atoms with Gasteiger partial charge >= 0.3 is 20.4 Å². The van der Waals surface area contributed by atoms with Crippen LogP contribution in [0.3, 0.4) is 0 Å². The Hall–Kier alpha value is -0.0138. The molecule has 0 aliphatic heterocycles. The van der Waals surface area contributed by atoms with E-state index in [1.165, 1.54) is 16.7 Å². The zero-order chi connectivity index (χ0) is 8.43. The van der Waals surface area contributed by atoms with Crippen molar-refractivity contribution >= 4 is 24.1 Å². The molecule has 1 aromatic rings. The number of rotatable bonds is 1. The van der Waals surface area contributed by atoms with Crippen LogP contribution in [0.4, 0.5) is 0 Å². The fourth-order valence-corrected chi connectivity index (χ4v) is 2.35. The second-order valence-electron chi connectivity index (χ2n) is 3.21. The molecule has 0 amide bonds. The van der Waals surface area contributed by atoms with Crippen LogP contribution in [-0.4, -0.2) is 20.4 Å². The Bertz CT molecular complexity index is 241. The molecule has 0 nitrogen and oxygen atoms in total. The lowest BCUT2D eigenvalue weighted by Gasteiger charge is -2.07. The van der Waals surface area contributed by atoms with Crippen molar-refractivity contribution in [3.8, 4) is 0 Å². The van der Waals surface area contributed by atoms with Crippen molar-refractivity contribution < 1.29 is 0 Å². The van der Waals surface area contributed by atoms with E-state index in [-0.39, 0.29) is 20.4 Å². The maximum absolute atomic E-state index is 2.34. The van der Waals surface area contributed by atoms with Gasteiger partial charge in [0, 0.05) is 0 Å². The van der Waals surface area contributed by atoms with Crippen LogP contribution in [0.15, 0.2) is 12.1 Å². The molecule has 11 heavy (non-hydrogen) atoms. The van der Waals surface area contributed by atoms with Gasteiger partial charge in [0.25, 0.3) is 0 Å². The molecule has 0 saturated carbocycles. The lowest BCUT2D eigenvalue weighted by molar-refractivity contribution is 1.28. The first-order valence-corrected chi connectivity index (χ1v) is 6.34. The van der Waals surface area contributed by atoms with Crippen molar-refractivity contribution in [1.82, 2.24) is 0 Å². The molecule has 0 aromatic heterocycles. The summed E-state index contributed by atoms with van der Waals surface area (Å²) in [4.78, 5) is 0. The van der Waals surface area contributed by atoms with Crippen molar-refractivity contribution in [2.45, 2.75) is 25.8 Å². The highest BCUT2D eigenvalue weighted by Crippen LogP contribution is 2.09. The Kier molecular flexibility index (Phi) is 2.96. The van der Waals surface area contributed by atoms with Gasteiger partial charge in [-0.1, -0.05) is 23.3 Å². The van der Waals surface area contributed by atoms with Gasteiger partial charge in [-0.2, -0.15) is 3.69 Å². The molecule has 56 valence electrons. The Balaban J connectivity index is 3.21. The highest BCUT2D eigenvalue weighted by Gasteiger charge is 1.99. The summed E-state index contributed by atoms with van der Waals surface area (Å²) in [5, 5.41) is 2.34. The van der Waals surface area contributed by atoms with Crippen molar-refractivity contribution in [1.29, 1.82) is 0 Å². The summed E-state index contributed by atoms with van der Waals surface area (Å²) < 4.78 is 1.59. The normalized spacial score (nSPS) is 9.45. The fourth-order valence-electron chi connectivity index (χ4n) is 1.33. The highest BCUT2D eigenvalue weighted by atomic mass is 24.5. The van der Waals surface area contributed by atoms with Crippen molar-refractivity contribution in [3.63, 3.8) is 0 Å². The molecule has 0 aliphatic rings. The molecular formula is C10H14Mg. The van der Waals surface area contributed by atoms with Gasteiger partial charge < -0.3 is 0 Å². The zero-order valence-electron chi connectivity index (χ0n) is 7.86. The molecule has 0 spiro atoms. The molecule has 1 rings (SSSR count). The monoisotopic (exact) mass is 158 g/mol. The quantitative estimate of drug-likeness (QED) is 0.549. The minimum Gasteiger partial charge on any atom is -0.174 e. The van der Waals surface area contributed by atoms with Crippen molar-refractivity contribution in [2.75, 3.05) is 0 Å². The molecule has 0 N–H and O–H groups in total. The average Bonchev–Trinajstić information content (AvgIpc) is 1.99. The maximum atomic E-state index is 2.34. The minimum atomic E-state index is 0.0325. The maximum Gasteiger partial charge on any atom is 0.404 e. The van der Waals surface area contributed by atoms with Crippen LogP contribution in [0, 0.1) is 20.8 Å². The number of hydrogen-bond acceptors (Lipinski definition) is 0. The first-order chi connectivity index (χ1) is 5.15. The van der Waals surface area contributed by atoms with E-state index >= 15 is 0 Å². The van der Waals surface area contributed by atoms with Gasteiger partial charge in [-0.25, -0.2) is 0 Å². The summed E-state index contributed by atoms with van der Waals surface area (Å²) in [5.74, 6) is 0. The zero-order valence-corrected chi connectivity index (χ0v) is 9.28. The van der Waals surface area contributed by atoms with Gasteiger partial charge in [-0.3, -0.25) is 0 Å². The molecule has 1 aromatic carbocycles. The summed E-state index contributed by atoms with van der Waals surface area (Å²) in [5.41, 5.74) is 4.36. The van der Waals surface area contributed by atoms with E-state index in [1.54, 1.807) is 3.69 Å². The molecule has 0 aliphatic carbocycles. The van der Waals surface area contributed by atoms with Gasteiger partial charge in [-0.15, -0.1) is 5.05 Å². The van der Waals surface area contributed by atoms with Crippen LogP contribution in [0.1, 0.15) is 16.7 Å². The minimum absolute atomic E-state index is 0.0325. The fraction of sp³-hybridized carbons (Fsp3) is 0.400. The summed E-state index contributed by atoms with van der Waals surface area (Å²) in [6.07, 6.45) is 0. The number of aryl methyl sites for hydroxylation is 2. The third kappa shape index (κ3) is 1.97. The number of benzene rings is 1. The Morgan fingerprint density at radius 2 is 1.45 bits per heavy atom. The highest BCUT2D eigenvalue weighted by molar-refractivity contribution is 6.51. The van der Waals surface area contributed by atoms with E-state index in [1.807, 2.05) is 0 Å². The van der Waals surface area contributed by atoms with Crippen molar-refractivity contribution in [3.05, 3.63) is 28.8 Å². The van der Waals surface area contributed by atoms with Crippen LogP contribution in [0.2, 0.25) is 5.05 Å². The molecule has 0 atom stereocenters. The molecule has 0 fully saturated rings. The third-order valence-electron chi connectivity index (χ3n) is 2.40. The molecule has 0 saturated heterocycles. The molecule has 0 bridgehead atoms. The van der Waals surface area contributed by atoms with Gasteiger partial charge in [-0.05, 0) is 26.3 Å². The van der Waals surface area contributed by atoms with Gasteiger partial charge in [0.15, 0.2) is 0 Å². The van der Waals surface area contributed by atoms with E-state index in [0.29, 0.717) is 0 Å². The predicted molar refractivity (Wildman–Crippen MR) is 51.9 cm³/mol. The van der Waals surface area contributed by atoms with E-state index in [9.17, 15) is 0 Å². The van der Waals surface area contributed by atoms with Crippen molar-refractivity contribution in [2.24, 2.45) is 0 Å². The van der Waals surface area contributed by atoms with Crippen LogP contribution in [0.5, 0.6) is 0 Å².